The van der Waals surface area contributed by atoms with Gasteiger partial charge >= 0.3 is 11.9 Å². The Balaban J connectivity index is 0.000000450. The predicted molar refractivity (Wildman–Crippen MR) is 91.0 cm³/mol. The zero-order chi connectivity index (χ0) is 18.7. The number of rotatable bonds is 6. The third-order valence-corrected chi connectivity index (χ3v) is 3.23. The number of nitrogens with zero attached hydrogens (tertiary/aromatic N) is 1. The largest absolute Gasteiger partial charge is 0.508 e. The zero-order valence-electron chi connectivity index (χ0n) is 13.6. The molecular weight excluding hydrogens is 326 g/mol. The van der Waals surface area contributed by atoms with Crippen LogP contribution in [0.25, 0.3) is 0 Å². The van der Waals surface area contributed by atoms with Gasteiger partial charge in [-0.05, 0) is 11.6 Å². The van der Waals surface area contributed by atoms with E-state index in [1.54, 1.807) is 6.07 Å². The maximum atomic E-state index is 9.80. The number of aromatic hydroxyl groups is 1. The Morgan fingerprint density at radius 1 is 0.840 bits per heavy atom. The van der Waals surface area contributed by atoms with Gasteiger partial charge in [0.2, 0.25) is 0 Å². The van der Waals surface area contributed by atoms with Crippen molar-refractivity contribution in [1.82, 2.24) is 4.90 Å². The monoisotopic (exact) mass is 347 g/mol. The van der Waals surface area contributed by atoms with Crippen LogP contribution in [0.3, 0.4) is 0 Å². The number of benzene rings is 2. The van der Waals surface area contributed by atoms with E-state index in [-0.39, 0.29) is 6.61 Å². The molecule has 4 N–H and O–H groups in total. The second-order valence-corrected chi connectivity index (χ2v) is 5.16. The maximum Gasteiger partial charge on any atom is 0.414 e. The Hall–Kier alpha value is -2.90. The quantitative estimate of drug-likeness (QED) is 0.585. The van der Waals surface area contributed by atoms with Gasteiger partial charge in [0.1, 0.15) is 5.75 Å². The smallest absolute Gasteiger partial charge is 0.414 e. The predicted octanol–water partition coefficient (Wildman–Crippen LogP) is 1.54. The summed E-state index contributed by atoms with van der Waals surface area (Å²) in [4.78, 5) is 20.3. The Morgan fingerprint density at radius 3 is 1.92 bits per heavy atom. The molecule has 0 aliphatic rings. The average Bonchev–Trinajstić information content (AvgIpc) is 2.58. The van der Waals surface area contributed by atoms with Crippen molar-refractivity contribution < 1.29 is 30.0 Å². The molecular formula is C18H21NO6. The first-order chi connectivity index (χ1) is 11.9. The fourth-order valence-electron chi connectivity index (χ4n) is 2.08. The van der Waals surface area contributed by atoms with E-state index in [2.05, 4.69) is 17.0 Å². The minimum Gasteiger partial charge on any atom is -0.508 e. The Morgan fingerprint density at radius 2 is 1.40 bits per heavy atom. The summed E-state index contributed by atoms with van der Waals surface area (Å²) in [5.74, 6) is -3.34. The van der Waals surface area contributed by atoms with Gasteiger partial charge in [-0.2, -0.15) is 0 Å². The highest BCUT2D eigenvalue weighted by molar-refractivity contribution is 6.27. The first-order valence-electron chi connectivity index (χ1n) is 7.54. The van der Waals surface area contributed by atoms with E-state index >= 15 is 0 Å². The van der Waals surface area contributed by atoms with Crippen LogP contribution in [0.5, 0.6) is 5.75 Å². The lowest BCUT2D eigenvalue weighted by atomic mass is 10.1. The van der Waals surface area contributed by atoms with Crippen molar-refractivity contribution in [2.45, 2.75) is 13.1 Å². The highest BCUT2D eigenvalue weighted by Crippen LogP contribution is 2.18. The fourth-order valence-corrected chi connectivity index (χ4v) is 2.08. The molecule has 0 spiro atoms. The van der Waals surface area contributed by atoms with Gasteiger partial charge in [0.05, 0.1) is 6.61 Å². The first-order valence-corrected chi connectivity index (χ1v) is 7.54. The fraction of sp³-hybridized carbons (Fsp3) is 0.222. The molecule has 0 aliphatic carbocycles. The molecule has 0 amide bonds. The molecule has 2 rings (SSSR count). The molecule has 0 unspecified atom stereocenters. The summed E-state index contributed by atoms with van der Waals surface area (Å²) < 4.78 is 0. The van der Waals surface area contributed by atoms with Crippen LogP contribution in [0.4, 0.5) is 0 Å². The van der Waals surface area contributed by atoms with E-state index in [9.17, 15) is 5.11 Å². The number of carboxylic acid groups (broad SMARTS) is 2. The van der Waals surface area contributed by atoms with Crippen molar-refractivity contribution in [2.75, 3.05) is 13.2 Å². The molecule has 0 aromatic heterocycles. The van der Waals surface area contributed by atoms with Crippen LogP contribution in [0.1, 0.15) is 11.1 Å². The minimum atomic E-state index is -1.82. The van der Waals surface area contributed by atoms with Gasteiger partial charge in [-0.3, -0.25) is 4.90 Å². The number of carbonyl (C=O) groups is 2. The lowest BCUT2D eigenvalue weighted by molar-refractivity contribution is -0.159. The minimum absolute atomic E-state index is 0.112. The molecule has 7 nitrogen and oxygen atoms in total. The lowest BCUT2D eigenvalue weighted by Gasteiger charge is -2.22. The molecule has 2 aromatic rings. The second kappa shape index (κ2) is 10.8. The van der Waals surface area contributed by atoms with Gasteiger partial charge in [0, 0.05) is 25.2 Å². The van der Waals surface area contributed by atoms with Crippen LogP contribution in [0, 0.1) is 0 Å². The number of hydrogen-bond acceptors (Lipinski definition) is 5. The zero-order valence-corrected chi connectivity index (χ0v) is 13.6. The Labute approximate surface area is 145 Å². The number of carboxylic acids is 2. The highest BCUT2D eigenvalue weighted by Gasteiger charge is 2.09. The molecule has 25 heavy (non-hydrogen) atoms. The number of phenols is 1. The van der Waals surface area contributed by atoms with Gasteiger partial charge in [-0.25, -0.2) is 9.59 Å². The Kier molecular flexibility index (Phi) is 8.70. The third kappa shape index (κ3) is 7.96. The molecule has 0 saturated heterocycles. The third-order valence-electron chi connectivity index (χ3n) is 3.23. The summed E-state index contributed by atoms with van der Waals surface area (Å²) >= 11 is 0. The van der Waals surface area contributed by atoms with Gasteiger partial charge in [-0.15, -0.1) is 0 Å². The molecule has 0 saturated carbocycles. The molecule has 0 aliphatic heterocycles. The molecule has 0 atom stereocenters. The van der Waals surface area contributed by atoms with Gasteiger partial charge < -0.3 is 20.4 Å². The molecule has 2 aromatic carbocycles. The summed E-state index contributed by atoms with van der Waals surface area (Å²) in [6.45, 7) is 2.08. The van der Waals surface area contributed by atoms with E-state index in [1.165, 1.54) is 5.56 Å². The number of phenolic OH excluding ortho intramolecular Hbond substituents is 1. The molecule has 0 radical (unpaired) electrons. The number of aliphatic hydroxyl groups is 1. The van der Waals surface area contributed by atoms with E-state index < -0.39 is 11.9 Å². The number of para-hydroxylation sites is 1. The van der Waals surface area contributed by atoms with Gasteiger partial charge in [0.25, 0.3) is 0 Å². The van der Waals surface area contributed by atoms with Crippen LogP contribution in [-0.2, 0) is 22.7 Å². The van der Waals surface area contributed by atoms with Gasteiger partial charge in [-0.1, -0.05) is 48.5 Å². The van der Waals surface area contributed by atoms with Gasteiger partial charge in [0.15, 0.2) is 0 Å². The van der Waals surface area contributed by atoms with E-state index in [0.29, 0.717) is 18.8 Å². The Bertz CT molecular complexity index is 662. The molecule has 134 valence electrons. The first kappa shape index (κ1) is 20.1. The summed E-state index contributed by atoms with van der Waals surface area (Å²) in [5.41, 5.74) is 2.08. The summed E-state index contributed by atoms with van der Waals surface area (Å²) in [6.07, 6.45) is 0. The normalized spacial score (nSPS) is 10.0. The van der Waals surface area contributed by atoms with Crippen LogP contribution in [0.2, 0.25) is 0 Å². The number of hydrogen-bond donors (Lipinski definition) is 4. The second-order valence-electron chi connectivity index (χ2n) is 5.16. The molecule has 7 heteroatoms. The van der Waals surface area contributed by atoms with Crippen LogP contribution < -0.4 is 0 Å². The van der Waals surface area contributed by atoms with Crippen molar-refractivity contribution in [2.24, 2.45) is 0 Å². The molecule has 0 fully saturated rings. The summed E-state index contributed by atoms with van der Waals surface area (Å²) in [6, 6.07) is 17.5. The van der Waals surface area contributed by atoms with E-state index in [0.717, 1.165) is 12.1 Å². The van der Waals surface area contributed by atoms with E-state index in [1.807, 2.05) is 36.4 Å². The highest BCUT2D eigenvalue weighted by atomic mass is 16.4. The summed E-state index contributed by atoms with van der Waals surface area (Å²) in [7, 11) is 0. The SMILES string of the molecule is O=C(O)C(=O)O.OCCN(Cc1ccccc1)Cc1ccccc1O. The maximum absolute atomic E-state index is 9.80. The van der Waals surface area contributed by atoms with Crippen LogP contribution >= 0.6 is 0 Å². The van der Waals surface area contributed by atoms with E-state index in [4.69, 9.17) is 24.9 Å². The summed E-state index contributed by atoms with van der Waals surface area (Å²) in [5, 5.41) is 33.7. The van der Waals surface area contributed by atoms with Crippen molar-refractivity contribution in [3.05, 3.63) is 65.7 Å². The molecule has 0 bridgehead atoms. The van der Waals surface area contributed by atoms with Crippen molar-refractivity contribution >= 4 is 11.9 Å². The van der Waals surface area contributed by atoms with Crippen LogP contribution in [0.15, 0.2) is 54.6 Å². The number of aliphatic hydroxyl groups excluding tert-OH is 1. The standard InChI is InChI=1S/C16H19NO2.C2H2O4/c18-11-10-17(12-14-6-2-1-3-7-14)13-15-8-4-5-9-16(15)19;3-1(4)2(5)6/h1-9,18-19H,10-13H2;(H,3,4)(H,5,6). The number of aliphatic carboxylic acids is 2. The van der Waals surface area contributed by atoms with Crippen molar-refractivity contribution in [3.63, 3.8) is 0 Å². The average molecular weight is 347 g/mol. The van der Waals surface area contributed by atoms with Crippen LogP contribution in [-0.4, -0.2) is 50.4 Å². The van der Waals surface area contributed by atoms with Crippen molar-refractivity contribution in [3.8, 4) is 5.75 Å². The van der Waals surface area contributed by atoms with Crippen molar-refractivity contribution in [1.29, 1.82) is 0 Å². The molecule has 0 heterocycles. The topological polar surface area (TPSA) is 118 Å². The lowest BCUT2D eigenvalue weighted by Crippen LogP contribution is -2.26.